The third-order valence-electron chi connectivity index (χ3n) is 4.21. The normalized spacial score (nSPS) is 23.5. The molecule has 1 atom stereocenters. The van der Waals surface area contributed by atoms with E-state index in [-0.39, 0.29) is 11.9 Å². The second-order valence-electron chi connectivity index (χ2n) is 5.62. The number of ether oxygens (including phenoxy) is 1. The molecule has 3 rings (SSSR count). The molecule has 0 aromatic carbocycles. The highest BCUT2D eigenvalue weighted by molar-refractivity contribution is 5.74. The lowest BCUT2D eigenvalue weighted by Gasteiger charge is -2.34. The molecule has 0 aliphatic carbocycles. The van der Waals surface area contributed by atoms with Crippen LogP contribution >= 0.6 is 0 Å². The minimum Gasteiger partial charge on any atom is -0.376 e. The van der Waals surface area contributed by atoms with Gasteiger partial charge in [0.05, 0.1) is 13.2 Å². The number of fused-ring (bicyclic) bond motifs is 1. The number of carbonyl (C=O) groups is 1. The number of nitrogens with zero attached hydrogens (tertiary/aromatic N) is 2. The zero-order valence-electron chi connectivity index (χ0n) is 11.6. The van der Waals surface area contributed by atoms with Crippen molar-refractivity contribution >= 4 is 5.91 Å². The highest BCUT2D eigenvalue weighted by atomic mass is 16.5. The van der Waals surface area contributed by atoms with Gasteiger partial charge in [-0.2, -0.15) is 0 Å². The zero-order chi connectivity index (χ0) is 13.9. The second kappa shape index (κ2) is 5.93. The van der Waals surface area contributed by atoms with Crippen LogP contribution in [0.3, 0.4) is 0 Å². The van der Waals surface area contributed by atoms with Gasteiger partial charge in [0.1, 0.15) is 11.5 Å². The fourth-order valence-corrected chi connectivity index (χ4v) is 3.13. The summed E-state index contributed by atoms with van der Waals surface area (Å²) in [5.74, 6) is 0.724. The molecule has 6 heteroatoms. The Balaban J connectivity index is 1.71. The van der Waals surface area contributed by atoms with Gasteiger partial charge >= 0.3 is 0 Å². The van der Waals surface area contributed by atoms with Crippen molar-refractivity contribution in [3.63, 3.8) is 0 Å². The molecule has 2 aliphatic rings. The van der Waals surface area contributed by atoms with Crippen LogP contribution in [0.25, 0.3) is 0 Å². The Morgan fingerprint density at radius 2 is 2.35 bits per heavy atom. The van der Waals surface area contributed by atoms with Crippen LogP contribution in [0.5, 0.6) is 0 Å². The van der Waals surface area contributed by atoms with Gasteiger partial charge in [-0.1, -0.05) is 11.6 Å². The molecule has 1 fully saturated rings. The van der Waals surface area contributed by atoms with Gasteiger partial charge in [-0.25, -0.2) is 0 Å². The van der Waals surface area contributed by atoms with Crippen LogP contribution in [0.2, 0.25) is 0 Å². The number of piperidine rings is 1. The van der Waals surface area contributed by atoms with Gasteiger partial charge in [0.15, 0.2) is 0 Å². The van der Waals surface area contributed by atoms with Crippen molar-refractivity contribution in [3.05, 3.63) is 17.0 Å². The summed E-state index contributed by atoms with van der Waals surface area (Å²) in [7, 11) is 0. The summed E-state index contributed by atoms with van der Waals surface area (Å²) < 4.78 is 10.9. The lowest BCUT2D eigenvalue weighted by atomic mass is 9.98. The molecule has 0 saturated carbocycles. The molecule has 6 nitrogen and oxygen atoms in total. The molecular weight excluding hydrogens is 258 g/mol. The first-order chi connectivity index (χ1) is 9.74. The maximum Gasteiger partial charge on any atom is 0.218 e. The number of hydrogen-bond donors (Lipinski definition) is 1. The van der Waals surface area contributed by atoms with E-state index in [0.29, 0.717) is 19.6 Å². The molecule has 110 valence electrons. The molecule has 1 saturated heterocycles. The first kappa shape index (κ1) is 13.6. The predicted molar refractivity (Wildman–Crippen MR) is 71.7 cm³/mol. The van der Waals surface area contributed by atoms with E-state index >= 15 is 0 Å². The Bertz CT molecular complexity index is 486. The van der Waals surface area contributed by atoms with Crippen LogP contribution in [0.4, 0.5) is 0 Å². The highest BCUT2D eigenvalue weighted by Crippen LogP contribution is 2.26. The topological polar surface area (TPSA) is 81.6 Å². The molecule has 0 radical (unpaired) electrons. The highest BCUT2D eigenvalue weighted by Gasteiger charge is 2.27. The molecular formula is C14H21N3O3. The van der Waals surface area contributed by atoms with Crippen LogP contribution in [-0.2, 0) is 29.1 Å². The van der Waals surface area contributed by atoms with Crippen LogP contribution in [0, 0.1) is 0 Å². The molecule has 1 amide bonds. The third kappa shape index (κ3) is 2.86. The molecule has 3 heterocycles. The Kier molecular flexibility index (Phi) is 4.03. The standard InChI is InChI=1S/C14H21N3O3/c15-14(18)7-10-3-1-2-5-17(10)8-12-11-9-19-6-4-13(11)20-16-12/h10H,1-9H2,(H2,15,18). The van der Waals surface area contributed by atoms with Crippen molar-refractivity contribution in [3.8, 4) is 0 Å². The summed E-state index contributed by atoms with van der Waals surface area (Å²) in [4.78, 5) is 13.5. The van der Waals surface area contributed by atoms with Gasteiger partial charge in [0.25, 0.3) is 0 Å². The first-order valence-electron chi connectivity index (χ1n) is 7.30. The van der Waals surface area contributed by atoms with E-state index < -0.39 is 0 Å². The van der Waals surface area contributed by atoms with Crippen molar-refractivity contribution in [2.24, 2.45) is 5.73 Å². The monoisotopic (exact) mass is 279 g/mol. The summed E-state index contributed by atoms with van der Waals surface area (Å²) in [6.45, 7) is 3.00. The molecule has 0 bridgehead atoms. The van der Waals surface area contributed by atoms with E-state index in [0.717, 1.165) is 55.8 Å². The van der Waals surface area contributed by atoms with Gasteiger partial charge in [0.2, 0.25) is 5.91 Å². The smallest absolute Gasteiger partial charge is 0.218 e. The Morgan fingerprint density at radius 1 is 1.45 bits per heavy atom. The van der Waals surface area contributed by atoms with Crippen molar-refractivity contribution in [2.45, 2.75) is 51.3 Å². The maximum atomic E-state index is 11.2. The average molecular weight is 279 g/mol. The lowest BCUT2D eigenvalue weighted by molar-refractivity contribution is -0.119. The summed E-state index contributed by atoms with van der Waals surface area (Å²) in [6.07, 6.45) is 4.57. The second-order valence-corrected chi connectivity index (χ2v) is 5.62. The number of nitrogens with two attached hydrogens (primary N) is 1. The van der Waals surface area contributed by atoms with E-state index in [9.17, 15) is 4.79 Å². The quantitative estimate of drug-likeness (QED) is 0.888. The number of aromatic nitrogens is 1. The number of hydrogen-bond acceptors (Lipinski definition) is 5. The summed E-state index contributed by atoms with van der Waals surface area (Å²) in [6, 6.07) is 0.234. The maximum absolute atomic E-state index is 11.2. The van der Waals surface area contributed by atoms with E-state index in [1.54, 1.807) is 0 Å². The number of likely N-dealkylation sites (tertiary alicyclic amines) is 1. The number of primary amides is 1. The van der Waals surface area contributed by atoms with Gasteiger partial charge in [-0.3, -0.25) is 9.69 Å². The van der Waals surface area contributed by atoms with Gasteiger partial charge in [-0.15, -0.1) is 0 Å². The minimum atomic E-state index is -0.229. The van der Waals surface area contributed by atoms with Gasteiger partial charge < -0.3 is 15.0 Å². The van der Waals surface area contributed by atoms with Crippen molar-refractivity contribution in [1.82, 2.24) is 10.1 Å². The van der Waals surface area contributed by atoms with Crippen molar-refractivity contribution < 1.29 is 14.1 Å². The number of amides is 1. The first-order valence-corrected chi connectivity index (χ1v) is 7.30. The van der Waals surface area contributed by atoms with E-state index in [1.807, 2.05) is 0 Å². The van der Waals surface area contributed by atoms with Crippen molar-refractivity contribution in [2.75, 3.05) is 13.2 Å². The summed E-state index contributed by atoms with van der Waals surface area (Å²) >= 11 is 0. The Morgan fingerprint density at radius 3 is 3.20 bits per heavy atom. The molecule has 1 aromatic heterocycles. The molecule has 1 aromatic rings. The predicted octanol–water partition coefficient (Wildman–Crippen LogP) is 0.977. The van der Waals surface area contributed by atoms with Crippen molar-refractivity contribution in [1.29, 1.82) is 0 Å². The number of rotatable bonds is 4. The summed E-state index contributed by atoms with van der Waals surface area (Å²) in [5.41, 5.74) is 7.40. The lowest BCUT2D eigenvalue weighted by Crippen LogP contribution is -2.41. The Labute approximate surface area is 118 Å². The van der Waals surface area contributed by atoms with E-state index in [2.05, 4.69) is 10.1 Å². The fraction of sp³-hybridized carbons (Fsp3) is 0.714. The van der Waals surface area contributed by atoms with Crippen LogP contribution in [0.15, 0.2) is 4.52 Å². The van der Waals surface area contributed by atoms with Crippen LogP contribution < -0.4 is 5.73 Å². The van der Waals surface area contributed by atoms with Gasteiger partial charge in [0, 0.05) is 31.0 Å². The molecule has 20 heavy (non-hydrogen) atoms. The minimum absolute atomic E-state index is 0.229. The number of carbonyl (C=O) groups excluding carboxylic acids is 1. The Hall–Kier alpha value is -1.40. The molecule has 2 aliphatic heterocycles. The SMILES string of the molecule is NC(=O)CC1CCCCN1Cc1noc2c1COCC2. The molecule has 1 unspecified atom stereocenters. The third-order valence-corrected chi connectivity index (χ3v) is 4.21. The molecule has 0 spiro atoms. The van der Waals surface area contributed by atoms with Crippen LogP contribution in [0.1, 0.15) is 42.7 Å². The van der Waals surface area contributed by atoms with E-state index in [4.69, 9.17) is 15.0 Å². The largest absolute Gasteiger partial charge is 0.376 e. The molecule has 2 N–H and O–H groups in total. The van der Waals surface area contributed by atoms with Crippen LogP contribution in [-0.4, -0.2) is 35.2 Å². The zero-order valence-corrected chi connectivity index (χ0v) is 11.6. The summed E-state index contributed by atoms with van der Waals surface area (Å²) in [5, 5.41) is 4.19. The van der Waals surface area contributed by atoms with E-state index in [1.165, 1.54) is 0 Å². The van der Waals surface area contributed by atoms with Gasteiger partial charge in [-0.05, 0) is 19.4 Å². The average Bonchev–Trinajstić information content (AvgIpc) is 2.84. The fourth-order valence-electron chi connectivity index (χ4n) is 3.13.